The molecule has 0 saturated heterocycles. The van der Waals surface area contributed by atoms with Crippen LogP contribution < -0.4 is 9.47 Å². The van der Waals surface area contributed by atoms with E-state index in [-0.39, 0.29) is 0 Å². The van der Waals surface area contributed by atoms with E-state index in [0.717, 1.165) is 38.9 Å². The summed E-state index contributed by atoms with van der Waals surface area (Å²) in [6.45, 7) is 4.93. The van der Waals surface area contributed by atoms with Crippen LogP contribution >= 0.6 is 11.6 Å². The molecule has 1 heterocycles. The Kier molecular flexibility index (Phi) is 4.20. The maximum Gasteiger partial charge on any atom is 0.146 e. The van der Waals surface area contributed by atoms with Crippen molar-refractivity contribution in [2.45, 2.75) is 20.5 Å². The van der Waals surface area contributed by atoms with Crippen LogP contribution in [0, 0.1) is 6.92 Å². The van der Waals surface area contributed by atoms with Gasteiger partial charge >= 0.3 is 0 Å². The Bertz CT molecular complexity index is 798. The van der Waals surface area contributed by atoms with E-state index in [2.05, 4.69) is 9.97 Å². The van der Waals surface area contributed by atoms with Crippen molar-refractivity contribution in [1.29, 1.82) is 0 Å². The Morgan fingerprint density at radius 2 is 1.86 bits per heavy atom. The summed E-state index contributed by atoms with van der Waals surface area (Å²) in [4.78, 5) is 7.76. The van der Waals surface area contributed by atoms with Gasteiger partial charge in [-0.1, -0.05) is 11.6 Å². The number of aromatic nitrogens is 2. The smallest absolute Gasteiger partial charge is 0.146 e. The van der Waals surface area contributed by atoms with Crippen molar-refractivity contribution in [2.24, 2.45) is 0 Å². The van der Waals surface area contributed by atoms with Gasteiger partial charge in [0.1, 0.15) is 23.9 Å². The molecule has 0 unspecified atom stereocenters. The summed E-state index contributed by atoms with van der Waals surface area (Å²) < 4.78 is 11.2. The fourth-order valence-corrected chi connectivity index (χ4v) is 2.34. The number of ether oxygens (including phenoxy) is 2. The molecule has 114 valence electrons. The first-order chi connectivity index (χ1) is 10.7. The fraction of sp³-hybridized carbons (Fsp3) is 0.235. The quantitative estimate of drug-likeness (QED) is 0.753. The number of hydrogen-bond acceptors (Lipinski definition) is 3. The molecule has 0 aliphatic heterocycles. The maximum atomic E-state index is 6.01. The number of hydrogen-bond donors (Lipinski definition) is 1. The van der Waals surface area contributed by atoms with E-state index in [1.165, 1.54) is 0 Å². The lowest BCUT2D eigenvalue weighted by molar-refractivity contribution is 0.297. The second-order valence-corrected chi connectivity index (χ2v) is 5.40. The number of benzene rings is 2. The molecular weight excluding hydrogens is 300 g/mol. The van der Waals surface area contributed by atoms with Crippen LogP contribution in [0.15, 0.2) is 36.4 Å². The van der Waals surface area contributed by atoms with E-state index in [4.69, 9.17) is 21.1 Å². The first-order valence-corrected chi connectivity index (χ1v) is 7.54. The second kappa shape index (κ2) is 6.28. The minimum absolute atomic E-state index is 0.375. The third-order valence-corrected chi connectivity index (χ3v) is 3.74. The van der Waals surface area contributed by atoms with Gasteiger partial charge in [-0.15, -0.1) is 0 Å². The van der Waals surface area contributed by atoms with Gasteiger partial charge in [0, 0.05) is 11.1 Å². The summed E-state index contributed by atoms with van der Waals surface area (Å²) in [6.07, 6.45) is 0. The number of imidazole rings is 1. The Balaban J connectivity index is 1.74. The minimum Gasteiger partial charge on any atom is -0.494 e. The standard InChI is InChI=1S/C17H17ClN2O2/c1-3-21-13-5-7-15-16(9-13)20-17(19-15)10-22-12-4-6-14(18)11(2)8-12/h4-9H,3,10H2,1-2H3,(H,19,20). The Hall–Kier alpha value is -2.20. The zero-order chi connectivity index (χ0) is 15.5. The average molecular weight is 317 g/mol. The molecule has 0 bridgehead atoms. The van der Waals surface area contributed by atoms with Crippen LogP contribution in [0.1, 0.15) is 18.3 Å². The molecule has 1 N–H and O–H groups in total. The number of aryl methyl sites for hydroxylation is 1. The van der Waals surface area contributed by atoms with Crippen molar-refractivity contribution in [3.05, 3.63) is 52.8 Å². The minimum atomic E-state index is 0.375. The molecule has 5 heteroatoms. The van der Waals surface area contributed by atoms with Crippen LogP contribution in [0.4, 0.5) is 0 Å². The summed E-state index contributed by atoms with van der Waals surface area (Å²) in [5.74, 6) is 2.38. The molecule has 0 saturated carbocycles. The van der Waals surface area contributed by atoms with E-state index < -0.39 is 0 Å². The van der Waals surface area contributed by atoms with Gasteiger partial charge in [0.2, 0.25) is 0 Å². The monoisotopic (exact) mass is 316 g/mol. The lowest BCUT2D eigenvalue weighted by Crippen LogP contribution is -1.97. The van der Waals surface area contributed by atoms with Crippen molar-refractivity contribution in [2.75, 3.05) is 6.61 Å². The van der Waals surface area contributed by atoms with Crippen LogP contribution in [-0.2, 0) is 6.61 Å². The molecule has 0 atom stereocenters. The largest absolute Gasteiger partial charge is 0.494 e. The fourth-order valence-electron chi connectivity index (χ4n) is 2.23. The molecule has 0 aliphatic rings. The highest BCUT2D eigenvalue weighted by Gasteiger charge is 2.06. The molecule has 0 spiro atoms. The normalized spacial score (nSPS) is 10.9. The van der Waals surface area contributed by atoms with Crippen LogP contribution in [0.5, 0.6) is 11.5 Å². The molecule has 0 aliphatic carbocycles. The van der Waals surface area contributed by atoms with Gasteiger partial charge in [-0.25, -0.2) is 4.98 Å². The van der Waals surface area contributed by atoms with Gasteiger partial charge in [-0.2, -0.15) is 0 Å². The molecule has 3 aromatic rings. The third-order valence-electron chi connectivity index (χ3n) is 3.32. The Morgan fingerprint density at radius 3 is 2.64 bits per heavy atom. The molecule has 0 fully saturated rings. The predicted molar refractivity (Wildman–Crippen MR) is 87.8 cm³/mol. The molecule has 0 radical (unpaired) electrons. The molecular formula is C17H17ClN2O2. The predicted octanol–water partition coefficient (Wildman–Crippen LogP) is 4.50. The van der Waals surface area contributed by atoms with Gasteiger partial charge < -0.3 is 14.5 Å². The van der Waals surface area contributed by atoms with Crippen molar-refractivity contribution in [3.8, 4) is 11.5 Å². The number of rotatable bonds is 5. The van der Waals surface area contributed by atoms with Crippen LogP contribution in [-0.4, -0.2) is 16.6 Å². The summed E-state index contributed by atoms with van der Waals surface area (Å²) in [6, 6.07) is 11.4. The van der Waals surface area contributed by atoms with Gasteiger partial charge in [-0.05, 0) is 49.7 Å². The Labute approximate surface area is 134 Å². The lowest BCUT2D eigenvalue weighted by Gasteiger charge is -2.05. The molecule has 0 amide bonds. The number of H-pyrrole nitrogens is 1. The lowest BCUT2D eigenvalue weighted by atomic mass is 10.2. The maximum absolute atomic E-state index is 6.01. The molecule has 2 aromatic carbocycles. The topological polar surface area (TPSA) is 47.1 Å². The van der Waals surface area contributed by atoms with Crippen molar-refractivity contribution in [1.82, 2.24) is 9.97 Å². The average Bonchev–Trinajstić information content (AvgIpc) is 2.91. The number of nitrogens with one attached hydrogen (secondary N) is 1. The summed E-state index contributed by atoms with van der Waals surface area (Å²) in [5, 5.41) is 0.736. The summed E-state index contributed by atoms with van der Waals surface area (Å²) in [5.41, 5.74) is 2.83. The second-order valence-electron chi connectivity index (χ2n) is 5.00. The first kappa shape index (κ1) is 14.7. The number of fused-ring (bicyclic) bond motifs is 1. The van der Waals surface area contributed by atoms with Crippen molar-refractivity contribution >= 4 is 22.6 Å². The Morgan fingerprint density at radius 1 is 1.09 bits per heavy atom. The molecule has 22 heavy (non-hydrogen) atoms. The SMILES string of the molecule is CCOc1ccc2nc(COc3ccc(Cl)c(C)c3)[nH]c2c1. The zero-order valence-corrected chi connectivity index (χ0v) is 13.3. The number of nitrogens with zero attached hydrogens (tertiary/aromatic N) is 1. The molecule has 1 aromatic heterocycles. The first-order valence-electron chi connectivity index (χ1n) is 7.16. The highest BCUT2D eigenvalue weighted by Crippen LogP contribution is 2.23. The van der Waals surface area contributed by atoms with E-state index >= 15 is 0 Å². The summed E-state index contributed by atoms with van der Waals surface area (Å²) >= 11 is 6.01. The zero-order valence-electron chi connectivity index (χ0n) is 12.5. The van der Waals surface area contributed by atoms with Crippen molar-refractivity contribution in [3.63, 3.8) is 0 Å². The molecule has 3 rings (SSSR count). The van der Waals surface area contributed by atoms with Crippen LogP contribution in [0.25, 0.3) is 11.0 Å². The van der Waals surface area contributed by atoms with Crippen molar-refractivity contribution < 1.29 is 9.47 Å². The van der Waals surface area contributed by atoms with Crippen LogP contribution in [0.3, 0.4) is 0 Å². The van der Waals surface area contributed by atoms with Gasteiger partial charge in [0.25, 0.3) is 0 Å². The number of halogens is 1. The highest BCUT2D eigenvalue weighted by atomic mass is 35.5. The number of aromatic amines is 1. The van der Waals surface area contributed by atoms with Gasteiger partial charge in [0.05, 0.1) is 17.6 Å². The van der Waals surface area contributed by atoms with E-state index in [1.807, 2.05) is 50.2 Å². The van der Waals surface area contributed by atoms with Crippen LogP contribution in [0.2, 0.25) is 5.02 Å². The summed E-state index contributed by atoms with van der Waals surface area (Å²) in [7, 11) is 0. The van der Waals surface area contributed by atoms with E-state index in [0.29, 0.717) is 13.2 Å². The van der Waals surface area contributed by atoms with Gasteiger partial charge in [-0.3, -0.25) is 0 Å². The third kappa shape index (κ3) is 3.17. The highest BCUT2D eigenvalue weighted by molar-refractivity contribution is 6.31. The van der Waals surface area contributed by atoms with Gasteiger partial charge in [0.15, 0.2) is 0 Å². The van der Waals surface area contributed by atoms with E-state index in [9.17, 15) is 0 Å². The molecule has 4 nitrogen and oxygen atoms in total. The van der Waals surface area contributed by atoms with E-state index in [1.54, 1.807) is 0 Å².